The standard InChI is InChI=1S/C16H20Cl2O2/c1-16(2)7-6-12(15(19)20)11(9-16)8-10-4-3-5-13(17)14(10)18/h3-5,11-12H,6-9H2,1-2H3,(H,19,20). The monoisotopic (exact) mass is 314 g/mol. The summed E-state index contributed by atoms with van der Waals surface area (Å²) in [6.07, 6.45) is 3.29. The predicted octanol–water partition coefficient (Wildman–Crippen LogP) is 5.06. The molecule has 0 spiro atoms. The second-order valence-corrected chi connectivity index (χ2v) is 7.31. The Bertz CT molecular complexity index is 511. The zero-order valence-corrected chi connectivity index (χ0v) is 13.3. The van der Waals surface area contributed by atoms with Gasteiger partial charge in [-0.1, -0.05) is 49.2 Å². The van der Waals surface area contributed by atoms with E-state index in [1.54, 1.807) is 6.07 Å². The Kier molecular flexibility index (Phi) is 4.66. The molecule has 4 heteroatoms. The lowest BCUT2D eigenvalue weighted by atomic mass is 9.65. The Labute approximate surface area is 130 Å². The normalized spacial score (nSPS) is 25.4. The number of carboxylic acids is 1. The molecule has 0 bridgehead atoms. The summed E-state index contributed by atoms with van der Waals surface area (Å²) in [5.74, 6) is -0.853. The first-order valence-electron chi connectivity index (χ1n) is 6.96. The number of rotatable bonds is 3. The van der Waals surface area contributed by atoms with E-state index in [1.165, 1.54) is 0 Å². The van der Waals surface area contributed by atoms with Crippen molar-refractivity contribution in [2.45, 2.75) is 39.5 Å². The van der Waals surface area contributed by atoms with Gasteiger partial charge in [-0.2, -0.15) is 0 Å². The molecule has 0 saturated heterocycles. The van der Waals surface area contributed by atoms with Crippen LogP contribution in [0.25, 0.3) is 0 Å². The maximum absolute atomic E-state index is 11.5. The van der Waals surface area contributed by atoms with E-state index in [9.17, 15) is 9.90 Å². The number of benzene rings is 1. The summed E-state index contributed by atoms with van der Waals surface area (Å²) >= 11 is 12.3. The van der Waals surface area contributed by atoms with Gasteiger partial charge in [0.2, 0.25) is 0 Å². The molecule has 1 aliphatic carbocycles. The molecule has 20 heavy (non-hydrogen) atoms. The Balaban J connectivity index is 2.23. The minimum Gasteiger partial charge on any atom is -0.481 e. The third kappa shape index (κ3) is 3.48. The quantitative estimate of drug-likeness (QED) is 0.846. The summed E-state index contributed by atoms with van der Waals surface area (Å²) in [6.45, 7) is 4.41. The fourth-order valence-corrected chi connectivity index (χ4v) is 3.66. The summed E-state index contributed by atoms with van der Waals surface area (Å²) in [5.41, 5.74) is 1.15. The minimum absolute atomic E-state index is 0.118. The summed E-state index contributed by atoms with van der Waals surface area (Å²) in [7, 11) is 0. The van der Waals surface area contributed by atoms with Crippen LogP contribution in [0.2, 0.25) is 10.0 Å². The van der Waals surface area contributed by atoms with Crippen LogP contribution in [0.5, 0.6) is 0 Å². The van der Waals surface area contributed by atoms with E-state index in [-0.39, 0.29) is 17.3 Å². The fourth-order valence-electron chi connectivity index (χ4n) is 3.26. The lowest BCUT2D eigenvalue weighted by molar-refractivity contribution is -0.146. The van der Waals surface area contributed by atoms with Gasteiger partial charge < -0.3 is 5.11 Å². The first-order valence-corrected chi connectivity index (χ1v) is 7.71. The van der Waals surface area contributed by atoms with Crippen molar-refractivity contribution in [1.82, 2.24) is 0 Å². The molecule has 1 aromatic carbocycles. The highest BCUT2D eigenvalue weighted by Crippen LogP contribution is 2.44. The third-order valence-corrected chi connectivity index (χ3v) is 5.20. The highest BCUT2D eigenvalue weighted by Gasteiger charge is 2.38. The van der Waals surface area contributed by atoms with Crippen molar-refractivity contribution >= 4 is 29.2 Å². The number of hydrogen-bond donors (Lipinski definition) is 1. The largest absolute Gasteiger partial charge is 0.481 e. The first kappa shape index (κ1) is 15.7. The highest BCUT2D eigenvalue weighted by atomic mass is 35.5. The maximum Gasteiger partial charge on any atom is 0.306 e. The zero-order valence-electron chi connectivity index (χ0n) is 11.8. The van der Waals surface area contributed by atoms with Crippen molar-refractivity contribution in [3.63, 3.8) is 0 Å². The van der Waals surface area contributed by atoms with Gasteiger partial charge in [0.25, 0.3) is 0 Å². The van der Waals surface area contributed by atoms with Crippen molar-refractivity contribution in [3.05, 3.63) is 33.8 Å². The van der Waals surface area contributed by atoms with Gasteiger partial charge in [-0.3, -0.25) is 4.79 Å². The van der Waals surface area contributed by atoms with Crippen molar-refractivity contribution in [3.8, 4) is 0 Å². The zero-order chi connectivity index (χ0) is 14.9. The lowest BCUT2D eigenvalue weighted by Crippen LogP contribution is -2.35. The van der Waals surface area contributed by atoms with Gasteiger partial charge in [0.05, 0.1) is 16.0 Å². The van der Waals surface area contributed by atoms with E-state index in [4.69, 9.17) is 23.2 Å². The maximum atomic E-state index is 11.5. The molecule has 1 fully saturated rings. The van der Waals surface area contributed by atoms with Crippen molar-refractivity contribution in [1.29, 1.82) is 0 Å². The van der Waals surface area contributed by atoms with Gasteiger partial charge in [0.15, 0.2) is 0 Å². The third-order valence-electron chi connectivity index (χ3n) is 4.35. The second-order valence-electron chi connectivity index (χ2n) is 6.53. The SMILES string of the molecule is CC1(C)CCC(C(=O)O)C(Cc2cccc(Cl)c2Cl)C1. The van der Waals surface area contributed by atoms with E-state index in [1.807, 2.05) is 12.1 Å². The molecule has 2 unspecified atom stereocenters. The van der Waals surface area contributed by atoms with E-state index >= 15 is 0 Å². The summed E-state index contributed by atoms with van der Waals surface area (Å²) in [6, 6.07) is 5.56. The molecular formula is C16H20Cl2O2. The summed E-state index contributed by atoms with van der Waals surface area (Å²) in [4.78, 5) is 11.5. The van der Waals surface area contributed by atoms with Gasteiger partial charge in [0, 0.05) is 0 Å². The molecule has 0 heterocycles. The van der Waals surface area contributed by atoms with Crippen LogP contribution in [0.4, 0.5) is 0 Å². The summed E-state index contributed by atoms with van der Waals surface area (Å²) in [5, 5.41) is 10.5. The molecule has 2 rings (SSSR count). The molecular weight excluding hydrogens is 295 g/mol. The molecule has 1 saturated carbocycles. The van der Waals surface area contributed by atoms with E-state index in [0.29, 0.717) is 16.5 Å². The van der Waals surface area contributed by atoms with Crippen molar-refractivity contribution in [2.75, 3.05) is 0 Å². The number of hydrogen-bond acceptors (Lipinski definition) is 1. The Morgan fingerprint density at radius 3 is 2.75 bits per heavy atom. The van der Waals surface area contributed by atoms with Crippen LogP contribution >= 0.6 is 23.2 Å². The van der Waals surface area contributed by atoms with Gasteiger partial charge >= 0.3 is 5.97 Å². The van der Waals surface area contributed by atoms with E-state index in [0.717, 1.165) is 24.8 Å². The van der Waals surface area contributed by atoms with Gasteiger partial charge in [0.1, 0.15) is 0 Å². The molecule has 2 nitrogen and oxygen atoms in total. The van der Waals surface area contributed by atoms with Crippen molar-refractivity contribution in [2.24, 2.45) is 17.3 Å². The highest BCUT2D eigenvalue weighted by molar-refractivity contribution is 6.42. The number of aliphatic carboxylic acids is 1. The van der Waals surface area contributed by atoms with Crippen LogP contribution in [-0.4, -0.2) is 11.1 Å². The molecule has 0 aromatic heterocycles. The van der Waals surface area contributed by atoms with Crippen LogP contribution in [0.15, 0.2) is 18.2 Å². The molecule has 0 amide bonds. The van der Waals surface area contributed by atoms with Crippen molar-refractivity contribution < 1.29 is 9.90 Å². The van der Waals surface area contributed by atoms with Crippen LogP contribution in [0.3, 0.4) is 0 Å². The molecule has 0 radical (unpaired) electrons. The van der Waals surface area contributed by atoms with Gasteiger partial charge in [-0.15, -0.1) is 0 Å². The summed E-state index contributed by atoms with van der Waals surface area (Å²) < 4.78 is 0. The minimum atomic E-state index is -0.691. The molecule has 1 aliphatic rings. The number of halogens is 2. The molecule has 0 aliphatic heterocycles. The molecule has 1 N–H and O–H groups in total. The topological polar surface area (TPSA) is 37.3 Å². The second kappa shape index (κ2) is 5.95. The Morgan fingerprint density at radius 2 is 2.10 bits per heavy atom. The molecule has 110 valence electrons. The Hall–Kier alpha value is -0.730. The van der Waals surface area contributed by atoms with Crippen LogP contribution in [0.1, 0.15) is 38.7 Å². The number of carboxylic acid groups (broad SMARTS) is 1. The average molecular weight is 315 g/mol. The van der Waals surface area contributed by atoms with Crippen LogP contribution in [-0.2, 0) is 11.2 Å². The Morgan fingerprint density at radius 1 is 1.40 bits per heavy atom. The van der Waals surface area contributed by atoms with Gasteiger partial charge in [-0.05, 0) is 48.6 Å². The lowest BCUT2D eigenvalue weighted by Gasteiger charge is -2.39. The molecule has 1 aromatic rings. The average Bonchev–Trinajstić information content (AvgIpc) is 2.33. The van der Waals surface area contributed by atoms with E-state index in [2.05, 4.69) is 13.8 Å². The van der Waals surface area contributed by atoms with Crippen LogP contribution < -0.4 is 0 Å². The van der Waals surface area contributed by atoms with E-state index < -0.39 is 5.97 Å². The fraction of sp³-hybridized carbons (Fsp3) is 0.562. The first-order chi connectivity index (χ1) is 9.30. The molecule has 2 atom stereocenters. The predicted molar refractivity (Wildman–Crippen MR) is 82.4 cm³/mol. The smallest absolute Gasteiger partial charge is 0.306 e. The van der Waals surface area contributed by atoms with Crippen LogP contribution in [0, 0.1) is 17.3 Å². The van der Waals surface area contributed by atoms with Gasteiger partial charge in [-0.25, -0.2) is 0 Å². The number of carbonyl (C=O) groups is 1.